The summed E-state index contributed by atoms with van der Waals surface area (Å²) in [5, 5.41) is 0. The molecule has 0 aromatic heterocycles. The van der Waals surface area contributed by atoms with E-state index in [1.807, 2.05) is 0 Å². The number of ether oxygens (including phenoxy) is 3. The molecular weight excluding hydrogens is 853 g/mol. The molecule has 0 spiro atoms. The largest absolute Gasteiger partial charge is 0.462 e. The van der Waals surface area contributed by atoms with Gasteiger partial charge in [-0.15, -0.1) is 0 Å². The quantitative estimate of drug-likeness (QED) is 0.0262. The summed E-state index contributed by atoms with van der Waals surface area (Å²) in [6, 6.07) is 0. The molecule has 0 saturated carbocycles. The minimum atomic E-state index is -0.795. The topological polar surface area (TPSA) is 78.9 Å². The van der Waals surface area contributed by atoms with Crippen molar-refractivity contribution in [1.82, 2.24) is 0 Å². The first kappa shape index (κ1) is 65.6. The number of rotatable bonds is 52. The summed E-state index contributed by atoms with van der Waals surface area (Å²) in [7, 11) is 0. The summed E-state index contributed by atoms with van der Waals surface area (Å²) in [4.78, 5) is 38.1. The Balaban J connectivity index is 4.37. The van der Waals surface area contributed by atoms with Crippen molar-refractivity contribution in [3.05, 3.63) is 85.1 Å². The van der Waals surface area contributed by atoms with E-state index in [2.05, 4.69) is 106 Å². The maximum absolute atomic E-state index is 12.9. The molecule has 0 radical (unpaired) electrons. The summed E-state index contributed by atoms with van der Waals surface area (Å²) in [5.41, 5.74) is 0. The van der Waals surface area contributed by atoms with E-state index in [0.717, 1.165) is 109 Å². The number of carbonyl (C=O) groups is 3. The second kappa shape index (κ2) is 57.2. The van der Waals surface area contributed by atoms with Gasteiger partial charge in [-0.05, 0) is 109 Å². The van der Waals surface area contributed by atoms with Gasteiger partial charge in [0.2, 0.25) is 0 Å². The van der Waals surface area contributed by atoms with Gasteiger partial charge in [0.25, 0.3) is 0 Å². The number of hydrogen-bond acceptors (Lipinski definition) is 6. The van der Waals surface area contributed by atoms with Crippen LogP contribution in [0.1, 0.15) is 278 Å². The molecule has 0 heterocycles. The second-order valence-corrected chi connectivity index (χ2v) is 19.1. The Morgan fingerprint density at radius 1 is 0.304 bits per heavy atom. The molecule has 1 atom stereocenters. The third-order valence-corrected chi connectivity index (χ3v) is 12.4. The molecule has 1 unspecified atom stereocenters. The highest BCUT2D eigenvalue weighted by molar-refractivity contribution is 5.71. The maximum atomic E-state index is 12.9. The van der Waals surface area contributed by atoms with Gasteiger partial charge in [0.05, 0.1) is 0 Å². The van der Waals surface area contributed by atoms with E-state index in [1.165, 1.54) is 128 Å². The molecule has 6 heteroatoms. The molecule has 0 N–H and O–H groups in total. The predicted octanol–water partition coefficient (Wildman–Crippen LogP) is 19.5. The number of hydrogen-bond donors (Lipinski definition) is 0. The molecule has 0 rings (SSSR count). The Morgan fingerprint density at radius 2 is 0.565 bits per heavy atom. The van der Waals surface area contributed by atoms with Gasteiger partial charge in [-0.25, -0.2) is 0 Å². The van der Waals surface area contributed by atoms with E-state index in [-0.39, 0.29) is 31.1 Å². The normalized spacial score (nSPS) is 12.7. The number of unbranched alkanes of at least 4 members (excludes halogenated alkanes) is 27. The van der Waals surface area contributed by atoms with Gasteiger partial charge in [-0.2, -0.15) is 0 Å². The van der Waals surface area contributed by atoms with Gasteiger partial charge in [0, 0.05) is 19.3 Å². The fourth-order valence-electron chi connectivity index (χ4n) is 8.05. The molecule has 0 aliphatic carbocycles. The van der Waals surface area contributed by atoms with E-state index in [1.54, 1.807) is 0 Å². The van der Waals surface area contributed by atoms with E-state index >= 15 is 0 Å². The lowest BCUT2D eigenvalue weighted by Crippen LogP contribution is -2.30. The van der Waals surface area contributed by atoms with Crippen molar-refractivity contribution in [2.75, 3.05) is 13.2 Å². The zero-order valence-corrected chi connectivity index (χ0v) is 45.3. The van der Waals surface area contributed by atoms with Crippen LogP contribution >= 0.6 is 0 Å². The highest BCUT2D eigenvalue weighted by Crippen LogP contribution is 2.15. The van der Waals surface area contributed by atoms with Crippen LogP contribution in [0.15, 0.2) is 85.1 Å². The molecule has 0 aromatic carbocycles. The van der Waals surface area contributed by atoms with Crippen molar-refractivity contribution < 1.29 is 28.6 Å². The van der Waals surface area contributed by atoms with Crippen molar-refractivity contribution in [1.29, 1.82) is 0 Å². The van der Waals surface area contributed by atoms with Crippen molar-refractivity contribution in [3.63, 3.8) is 0 Å². The lowest BCUT2D eigenvalue weighted by atomic mass is 10.1. The lowest BCUT2D eigenvalue weighted by molar-refractivity contribution is -0.167. The van der Waals surface area contributed by atoms with Gasteiger partial charge in [-0.3, -0.25) is 14.4 Å². The highest BCUT2D eigenvalue weighted by atomic mass is 16.6. The van der Waals surface area contributed by atoms with Gasteiger partial charge in [0.15, 0.2) is 6.10 Å². The Bertz CT molecular complexity index is 1330. The van der Waals surface area contributed by atoms with Gasteiger partial charge < -0.3 is 14.2 Å². The summed E-state index contributed by atoms with van der Waals surface area (Å²) in [5.74, 6) is -0.928. The van der Waals surface area contributed by atoms with E-state index in [9.17, 15) is 14.4 Å². The third kappa shape index (κ3) is 55.4. The number of esters is 3. The van der Waals surface area contributed by atoms with E-state index < -0.39 is 6.10 Å². The number of carbonyl (C=O) groups excluding carboxylic acids is 3. The van der Waals surface area contributed by atoms with Crippen molar-refractivity contribution in [2.45, 2.75) is 284 Å². The fourth-order valence-corrected chi connectivity index (χ4v) is 8.05. The van der Waals surface area contributed by atoms with Crippen molar-refractivity contribution in [3.8, 4) is 0 Å². The first-order valence-corrected chi connectivity index (χ1v) is 29.1. The van der Waals surface area contributed by atoms with E-state index in [0.29, 0.717) is 19.3 Å². The molecule has 6 nitrogen and oxygen atoms in total. The SMILES string of the molecule is CC/C=C\C/C=C\C/C=C\CCCCCCCCCC(=O)OC(COC(=O)CCCCC/C=C\C/C=C\C/C=C\CC)COC(=O)CCCCCCCCCCC/C=C\CCCCCCCCCC. The smallest absolute Gasteiger partial charge is 0.306 e. The molecule has 0 aliphatic heterocycles. The number of allylic oxidation sites excluding steroid dienone is 14. The third-order valence-electron chi connectivity index (χ3n) is 12.4. The average molecular weight is 962 g/mol. The fraction of sp³-hybridized carbons (Fsp3) is 0.730. The molecular formula is C63H108O6. The predicted molar refractivity (Wildman–Crippen MR) is 297 cm³/mol. The van der Waals surface area contributed by atoms with Crippen LogP contribution in [0.2, 0.25) is 0 Å². The van der Waals surface area contributed by atoms with Crippen LogP contribution < -0.4 is 0 Å². The van der Waals surface area contributed by atoms with Gasteiger partial charge in [-0.1, -0.05) is 234 Å². The summed E-state index contributed by atoms with van der Waals surface area (Å²) >= 11 is 0. The molecule has 69 heavy (non-hydrogen) atoms. The van der Waals surface area contributed by atoms with Crippen LogP contribution in [0.4, 0.5) is 0 Å². The van der Waals surface area contributed by atoms with Crippen LogP contribution in [0.5, 0.6) is 0 Å². The van der Waals surface area contributed by atoms with Crippen LogP contribution in [0.3, 0.4) is 0 Å². The molecule has 0 aliphatic rings. The van der Waals surface area contributed by atoms with Gasteiger partial charge >= 0.3 is 17.9 Å². The van der Waals surface area contributed by atoms with Gasteiger partial charge in [0.1, 0.15) is 13.2 Å². The van der Waals surface area contributed by atoms with Crippen molar-refractivity contribution in [2.24, 2.45) is 0 Å². The summed E-state index contributed by atoms with van der Waals surface area (Å²) in [6.07, 6.45) is 74.4. The summed E-state index contributed by atoms with van der Waals surface area (Å²) in [6.45, 7) is 6.40. The molecule has 0 aromatic rings. The molecule has 0 amide bonds. The lowest BCUT2D eigenvalue weighted by Gasteiger charge is -2.18. The monoisotopic (exact) mass is 961 g/mol. The van der Waals surface area contributed by atoms with Crippen LogP contribution in [0, 0.1) is 0 Å². The molecule has 396 valence electrons. The first-order chi connectivity index (χ1) is 34.0. The summed E-state index contributed by atoms with van der Waals surface area (Å²) < 4.78 is 16.8. The Hall–Kier alpha value is -3.41. The standard InChI is InChI=1S/C63H108O6/c1-4-7-10-13-16-19-22-25-27-29-30-31-32-34-35-38-41-44-47-50-53-56-62(65)68-59-60(58-67-61(64)55-52-49-46-43-40-37-24-21-18-15-12-9-6-3)69-63(66)57-54-51-48-45-42-39-36-33-28-26-23-20-17-14-11-8-5-2/h8-9,11-12,17-18,20-21,26,28-30,37,40,60H,4-7,10,13-16,19,22-25,27,31-36,38-39,41-59H2,1-3H3/b11-8-,12-9-,20-17-,21-18-,28-26-,30-29-,40-37-. The first-order valence-electron chi connectivity index (χ1n) is 29.1. The van der Waals surface area contributed by atoms with Crippen LogP contribution in [0.25, 0.3) is 0 Å². The minimum absolute atomic E-state index is 0.0909. The maximum Gasteiger partial charge on any atom is 0.306 e. The molecule has 0 saturated heterocycles. The average Bonchev–Trinajstić information content (AvgIpc) is 3.35. The van der Waals surface area contributed by atoms with Crippen molar-refractivity contribution >= 4 is 17.9 Å². The Kier molecular flexibility index (Phi) is 54.3. The van der Waals surface area contributed by atoms with E-state index in [4.69, 9.17) is 14.2 Å². The second-order valence-electron chi connectivity index (χ2n) is 19.1. The highest BCUT2D eigenvalue weighted by Gasteiger charge is 2.19. The Morgan fingerprint density at radius 3 is 0.913 bits per heavy atom. The molecule has 0 bridgehead atoms. The molecule has 0 fully saturated rings. The Labute approximate surface area is 426 Å². The minimum Gasteiger partial charge on any atom is -0.462 e. The van der Waals surface area contributed by atoms with Crippen LogP contribution in [-0.4, -0.2) is 37.2 Å². The zero-order valence-electron chi connectivity index (χ0n) is 45.3. The van der Waals surface area contributed by atoms with Crippen LogP contribution in [-0.2, 0) is 28.6 Å². The zero-order chi connectivity index (χ0) is 50.0.